The second-order valence-electron chi connectivity index (χ2n) is 10.8. The number of halogens is 2. The first-order valence-corrected chi connectivity index (χ1v) is 13.7. The van der Waals surface area contributed by atoms with Crippen LogP contribution in [-0.4, -0.2) is 62.2 Å². The second-order valence-corrected chi connectivity index (χ2v) is 11.6. The van der Waals surface area contributed by atoms with Crippen LogP contribution in [-0.2, 0) is 0 Å². The van der Waals surface area contributed by atoms with Crippen LogP contribution in [0.25, 0.3) is 0 Å². The Bertz CT molecular complexity index is 1110. The van der Waals surface area contributed by atoms with Crippen LogP contribution in [0.4, 0.5) is 17.3 Å². The van der Waals surface area contributed by atoms with Gasteiger partial charge in [0.15, 0.2) is 0 Å². The van der Waals surface area contributed by atoms with E-state index in [-0.39, 0.29) is 47.3 Å². The molecule has 1 unspecified atom stereocenters. The normalized spacial score (nSPS) is 22.9. The third-order valence-electron chi connectivity index (χ3n) is 7.65. The van der Waals surface area contributed by atoms with Crippen LogP contribution in [0.5, 0.6) is 0 Å². The van der Waals surface area contributed by atoms with E-state index in [1.807, 2.05) is 24.0 Å². The van der Waals surface area contributed by atoms with E-state index in [2.05, 4.69) is 53.1 Å². The molecule has 1 saturated heterocycles. The highest BCUT2D eigenvalue weighted by molar-refractivity contribution is 6.30. The van der Waals surface area contributed by atoms with Crippen molar-refractivity contribution in [3.63, 3.8) is 0 Å². The summed E-state index contributed by atoms with van der Waals surface area (Å²) >= 11 is 12.4. The first-order valence-electron chi connectivity index (χ1n) is 12.9. The average molecular weight is 552 g/mol. The van der Waals surface area contributed by atoms with Crippen molar-refractivity contribution in [2.45, 2.75) is 77.1 Å². The van der Waals surface area contributed by atoms with E-state index in [0.717, 1.165) is 12.8 Å². The number of nitro groups is 1. The summed E-state index contributed by atoms with van der Waals surface area (Å²) in [6.07, 6.45) is 3.17. The molecule has 37 heavy (non-hydrogen) atoms. The molecule has 0 radical (unpaired) electrons. The number of benzene rings is 1. The maximum Gasteiger partial charge on any atom is 0.353 e. The summed E-state index contributed by atoms with van der Waals surface area (Å²) in [5.74, 6) is 0.601. The molecule has 11 heteroatoms. The van der Waals surface area contributed by atoms with E-state index in [1.165, 1.54) is 5.56 Å². The number of hydrogen-bond donors (Lipinski definition) is 2. The van der Waals surface area contributed by atoms with Crippen LogP contribution in [0.1, 0.15) is 65.0 Å². The van der Waals surface area contributed by atoms with E-state index in [1.54, 1.807) is 0 Å². The lowest BCUT2D eigenvalue weighted by atomic mass is 9.91. The van der Waals surface area contributed by atoms with E-state index < -0.39 is 10.5 Å². The van der Waals surface area contributed by atoms with Crippen LogP contribution in [0, 0.1) is 16.0 Å². The topological polar surface area (TPSA) is 108 Å². The SMILES string of the molecule is CC(C)C(c1ccc(Cl)cc1)N1C[C@H](C)N(c2nc(Cl)nc(NCC3(O)CCCC3)c2[N+](=O)[O-])C[C@H]1C. The molecule has 0 amide bonds. The van der Waals surface area contributed by atoms with Crippen molar-refractivity contribution in [3.05, 3.63) is 50.2 Å². The van der Waals surface area contributed by atoms with Gasteiger partial charge in [-0.3, -0.25) is 15.0 Å². The lowest BCUT2D eigenvalue weighted by molar-refractivity contribution is -0.383. The first-order chi connectivity index (χ1) is 17.5. The summed E-state index contributed by atoms with van der Waals surface area (Å²) in [5.41, 5.74) is 0.0859. The average Bonchev–Trinajstić information content (AvgIpc) is 3.27. The number of anilines is 2. The molecule has 1 saturated carbocycles. The maximum absolute atomic E-state index is 12.3. The molecule has 4 rings (SSSR count). The number of aromatic nitrogens is 2. The van der Waals surface area contributed by atoms with Gasteiger partial charge in [-0.15, -0.1) is 0 Å². The Morgan fingerprint density at radius 3 is 2.38 bits per heavy atom. The van der Waals surface area contributed by atoms with Gasteiger partial charge in [-0.2, -0.15) is 9.97 Å². The number of nitrogens with zero attached hydrogens (tertiary/aromatic N) is 5. The van der Waals surface area contributed by atoms with Crippen molar-refractivity contribution in [3.8, 4) is 0 Å². The van der Waals surface area contributed by atoms with E-state index >= 15 is 0 Å². The van der Waals surface area contributed by atoms with Crippen LogP contribution in [0.2, 0.25) is 10.3 Å². The van der Waals surface area contributed by atoms with Gasteiger partial charge in [-0.1, -0.05) is 50.4 Å². The zero-order valence-corrected chi connectivity index (χ0v) is 23.3. The lowest BCUT2D eigenvalue weighted by Gasteiger charge is -2.48. The standard InChI is InChI=1S/C26H36Cl2N6O3/c1-16(2)21(19-7-9-20(27)10-8-19)32-13-18(4)33(14-17(32)3)24-22(34(36)37)23(30-25(28)31-24)29-15-26(35)11-5-6-12-26/h7-10,16-18,21,35H,5-6,11-15H2,1-4H3,(H,29,30,31)/t17-,18+,21?/m1/s1. The molecule has 1 aromatic carbocycles. The quantitative estimate of drug-likeness (QED) is 0.244. The van der Waals surface area contributed by atoms with Gasteiger partial charge in [0.05, 0.1) is 10.5 Å². The predicted octanol–water partition coefficient (Wildman–Crippen LogP) is 5.70. The molecule has 2 aromatic rings. The lowest BCUT2D eigenvalue weighted by Crippen LogP contribution is -2.58. The number of rotatable bonds is 8. The summed E-state index contributed by atoms with van der Waals surface area (Å²) in [6.45, 7) is 9.99. The summed E-state index contributed by atoms with van der Waals surface area (Å²) in [4.78, 5) is 24.7. The molecule has 1 aliphatic carbocycles. The highest BCUT2D eigenvalue weighted by Crippen LogP contribution is 2.40. The van der Waals surface area contributed by atoms with Crippen molar-refractivity contribution in [1.29, 1.82) is 0 Å². The molecule has 1 aliphatic heterocycles. The summed E-state index contributed by atoms with van der Waals surface area (Å²) in [6, 6.07) is 8.16. The van der Waals surface area contributed by atoms with Crippen LogP contribution in [0.3, 0.4) is 0 Å². The van der Waals surface area contributed by atoms with Crippen molar-refractivity contribution in [1.82, 2.24) is 14.9 Å². The highest BCUT2D eigenvalue weighted by Gasteiger charge is 2.40. The fourth-order valence-corrected chi connectivity index (χ4v) is 6.11. The number of nitrogens with one attached hydrogen (secondary N) is 1. The maximum atomic E-state index is 12.3. The Morgan fingerprint density at radius 2 is 1.78 bits per heavy atom. The molecular formula is C26H36Cl2N6O3. The smallest absolute Gasteiger partial charge is 0.353 e. The number of piperazine rings is 1. The minimum Gasteiger partial charge on any atom is -0.388 e. The van der Waals surface area contributed by atoms with Crippen LogP contribution in [0.15, 0.2) is 24.3 Å². The Morgan fingerprint density at radius 1 is 1.14 bits per heavy atom. The molecule has 9 nitrogen and oxygen atoms in total. The van der Waals surface area contributed by atoms with Crippen molar-refractivity contribution in [2.24, 2.45) is 5.92 Å². The predicted molar refractivity (Wildman–Crippen MR) is 148 cm³/mol. The number of aliphatic hydroxyl groups is 1. The second kappa shape index (κ2) is 11.3. The van der Waals surface area contributed by atoms with Gasteiger partial charge in [0, 0.05) is 42.8 Å². The molecular weight excluding hydrogens is 515 g/mol. The van der Waals surface area contributed by atoms with E-state index in [9.17, 15) is 15.2 Å². The summed E-state index contributed by atoms with van der Waals surface area (Å²) in [5, 5.41) is 26.7. The van der Waals surface area contributed by atoms with Crippen LogP contribution < -0.4 is 10.2 Å². The van der Waals surface area contributed by atoms with E-state index in [0.29, 0.717) is 36.9 Å². The first kappa shape index (κ1) is 27.8. The Balaban J connectivity index is 1.62. The summed E-state index contributed by atoms with van der Waals surface area (Å²) in [7, 11) is 0. The molecule has 202 valence electrons. The zero-order valence-electron chi connectivity index (χ0n) is 21.8. The third-order valence-corrected chi connectivity index (χ3v) is 8.07. The molecule has 2 aliphatic rings. The van der Waals surface area contributed by atoms with Gasteiger partial charge in [0.1, 0.15) is 0 Å². The Hall–Kier alpha value is -2.20. The molecule has 2 heterocycles. The molecule has 2 N–H and O–H groups in total. The van der Waals surface area contributed by atoms with Crippen molar-refractivity contribution >= 4 is 40.5 Å². The molecule has 1 aromatic heterocycles. The molecule has 0 bridgehead atoms. The van der Waals surface area contributed by atoms with Gasteiger partial charge >= 0.3 is 5.69 Å². The zero-order chi connectivity index (χ0) is 26.9. The van der Waals surface area contributed by atoms with Gasteiger partial charge < -0.3 is 15.3 Å². The van der Waals surface area contributed by atoms with Gasteiger partial charge in [-0.05, 0) is 61.9 Å². The Kier molecular flexibility index (Phi) is 8.48. The van der Waals surface area contributed by atoms with Gasteiger partial charge in [0.25, 0.3) is 0 Å². The van der Waals surface area contributed by atoms with Crippen LogP contribution >= 0.6 is 23.2 Å². The minimum atomic E-state index is -0.896. The minimum absolute atomic E-state index is 0.0452. The highest BCUT2D eigenvalue weighted by atomic mass is 35.5. The van der Waals surface area contributed by atoms with E-state index in [4.69, 9.17) is 23.2 Å². The fourth-order valence-electron chi connectivity index (χ4n) is 5.82. The molecule has 3 atom stereocenters. The molecule has 0 spiro atoms. The van der Waals surface area contributed by atoms with Crippen molar-refractivity contribution < 1.29 is 10.0 Å². The monoisotopic (exact) mass is 550 g/mol. The largest absolute Gasteiger partial charge is 0.388 e. The molecule has 2 fully saturated rings. The van der Waals surface area contributed by atoms with Gasteiger partial charge in [-0.25, -0.2) is 0 Å². The number of hydrogen-bond acceptors (Lipinski definition) is 8. The van der Waals surface area contributed by atoms with Crippen molar-refractivity contribution in [2.75, 3.05) is 29.9 Å². The Labute approximate surface area is 228 Å². The summed E-state index contributed by atoms with van der Waals surface area (Å²) < 4.78 is 0. The fraction of sp³-hybridized carbons (Fsp3) is 0.615. The third kappa shape index (κ3) is 6.11. The van der Waals surface area contributed by atoms with Gasteiger partial charge in [0.2, 0.25) is 16.9 Å².